The largest absolute Gasteiger partial charge is 0.340 e. The summed E-state index contributed by atoms with van der Waals surface area (Å²) in [5.41, 5.74) is 2.86. The van der Waals surface area contributed by atoms with Gasteiger partial charge < -0.3 is 14.3 Å². The lowest BCUT2D eigenvalue weighted by molar-refractivity contribution is 0.0748. The molecule has 3 heterocycles. The van der Waals surface area contributed by atoms with Crippen LogP contribution < -0.4 is 4.90 Å². The van der Waals surface area contributed by atoms with E-state index in [0.29, 0.717) is 13.1 Å². The Morgan fingerprint density at radius 3 is 2.64 bits per heavy atom. The first-order valence-corrected chi connectivity index (χ1v) is 10.8. The number of amides is 1. The maximum Gasteiger partial charge on any atom is 0.264 e. The van der Waals surface area contributed by atoms with Crippen LogP contribution in [0, 0.1) is 0 Å². The molecular weight excluding hydrogens is 370 g/mol. The number of carbonyl (C=O) groups is 1. The topological polar surface area (TPSA) is 49.6 Å². The van der Waals surface area contributed by atoms with Gasteiger partial charge in [-0.05, 0) is 30.7 Å². The summed E-state index contributed by atoms with van der Waals surface area (Å²) in [5.74, 6) is 0.890. The highest BCUT2D eigenvalue weighted by Crippen LogP contribution is 2.34. The number of hydrogen-bond acceptors (Lipinski definition) is 5. The molecule has 1 fully saturated rings. The Kier molecular flexibility index (Phi) is 5.76. The third-order valence-electron chi connectivity index (χ3n) is 5.07. The van der Waals surface area contributed by atoms with Gasteiger partial charge in [-0.2, -0.15) is 0 Å². The van der Waals surface area contributed by atoms with Crippen molar-refractivity contribution in [3.63, 3.8) is 0 Å². The quantitative estimate of drug-likeness (QED) is 0.561. The minimum Gasteiger partial charge on any atom is -0.340 e. The number of hydrogen-bond donors (Lipinski definition) is 0. The van der Waals surface area contributed by atoms with Crippen molar-refractivity contribution in [1.29, 1.82) is 0 Å². The van der Waals surface area contributed by atoms with E-state index in [1.54, 1.807) is 0 Å². The zero-order valence-corrected chi connectivity index (χ0v) is 17.0. The monoisotopic (exact) mass is 395 g/mol. The van der Waals surface area contributed by atoms with Crippen LogP contribution in [0.1, 0.15) is 41.4 Å². The molecule has 0 unspecified atom stereocenters. The molecule has 6 heteroatoms. The lowest BCUT2D eigenvalue weighted by Gasteiger charge is -2.23. The van der Waals surface area contributed by atoms with Crippen LogP contribution in [0.5, 0.6) is 0 Å². The molecule has 0 saturated carbocycles. The SMILES string of the molecule is CCCN(Cc1c(-c2ccccc2)noc1N1CCCC1)C(=O)c1cccs1. The first-order valence-electron chi connectivity index (χ1n) is 9.89. The van der Waals surface area contributed by atoms with Gasteiger partial charge in [-0.15, -0.1) is 11.3 Å². The standard InChI is InChI=1S/C22H25N3O2S/c1-2-12-25(21(26)19-11-8-15-28-19)16-18-20(17-9-4-3-5-10-17)23-27-22(18)24-13-6-7-14-24/h3-5,8-11,15H,2,6-7,12-14,16H2,1H3. The molecular formula is C22H25N3O2S. The average Bonchev–Trinajstić information content (AvgIpc) is 3.49. The number of anilines is 1. The highest BCUT2D eigenvalue weighted by atomic mass is 32.1. The summed E-state index contributed by atoms with van der Waals surface area (Å²) in [5, 5.41) is 6.36. The summed E-state index contributed by atoms with van der Waals surface area (Å²) in [6.45, 7) is 5.26. The van der Waals surface area contributed by atoms with Crippen LogP contribution in [0.15, 0.2) is 52.4 Å². The molecule has 1 amide bonds. The molecule has 0 atom stereocenters. The van der Waals surface area contributed by atoms with Gasteiger partial charge in [-0.3, -0.25) is 4.79 Å². The molecule has 28 heavy (non-hydrogen) atoms. The summed E-state index contributed by atoms with van der Waals surface area (Å²) >= 11 is 1.49. The van der Waals surface area contributed by atoms with Gasteiger partial charge in [0.1, 0.15) is 5.69 Å². The zero-order valence-electron chi connectivity index (χ0n) is 16.1. The molecule has 1 aliphatic heterocycles. The van der Waals surface area contributed by atoms with E-state index in [4.69, 9.17) is 4.52 Å². The van der Waals surface area contributed by atoms with Crippen molar-refractivity contribution in [2.45, 2.75) is 32.7 Å². The van der Waals surface area contributed by atoms with E-state index in [1.165, 1.54) is 11.3 Å². The first kappa shape index (κ1) is 18.7. The third-order valence-corrected chi connectivity index (χ3v) is 5.93. The average molecular weight is 396 g/mol. The number of thiophene rings is 1. The van der Waals surface area contributed by atoms with Crippen LogP contribution in [0.4, 0.5) is 5.88 Å². The molecule has 0 aliphatic carbocycles. The maximum absolute atomic E-state index is 13.1. The van der Waals surface area contributed by atoms with Crippen LogP contribution in [0.25, 0.3) is 11.3 Å². The Labute approximate surface area is 169 Å². The van der Waals surface area contributed by atoms with Crippen LogP contribution in [0.2, 0.25) is 0 Å². The summed E-state index contributed by atoms with van der Waals surface area (Å²) < 4.78 is 5.82. The fourth-order valence-electron chi connectivity index (χ4n) is 3.70. The van der Waals surface area contributed by atoms with Crippen LogP contribution in [-0.2, 0) is 6.54 Å². The molecule has 0 N–H and O–H groups in total. The summed E-state index contributed by atoms with van der Waals surface area (Å²) in [7, 11) is 0. The number of benzene rings is 1. The van der Waals surface area contributed by atoms with Crippen molar-refractivity contribution in [2.24, 2.45) is 0 Å². The number of carbonyl (C=O) groups excluding carboxylic acids is 1. The Balaban J connectivity index is 1.71. The molecule has 1 saturated heterocycles. The number of nitrogens with zero attached hydrogens (tertiary/aromatic N) is 3. The van der Waals surface area contributed by atoms with Gasteiger partial charge in [-0.1, -0.05) is 48.5 Å². The Bertz CT molecular complexity index is 899. The van der Waals surface area contributed by atoms with Gasteiger partial charge in [0.05, 0.1) is 17.0 Å². The van der Waals surface area contributed by atoms with Crippen molar-refractivity contribution in [3.8, 4) is 11.3 Å². The minimum atomic E-state index is 0.0735. The highest BCUT2D eigenvalue weighted by Gasteiger charge is 2.27. The van der Waals surface area contributed by atoms with E-state index in [9.17, 15) is 4.79 Å². The first-order chi connectivity index (χ1) is 13.8. The zero-order chi connectivity index (χ0) is 19.3. The molecule has 1 aliphatic rings. The number of aromatic nitrogens is 1. The van der Waals surface area contributed by atoms with Crippen LogP contribution in [-0.4, -0.2) is 35.6 Å². The van der Waals surface area contributed by atoms with E-state index in [1.807, 2.05) is 52.7 Å². The second-order valence-electron chi connectivity index (χ2n) is 7.08. The summed E-state index contributed by atoms with van der Waals surface area (Å²) in [6.07, 6.45) is 3.23. The Morgan fingerprint density at radius 1 is 1.18 bits per heavy atom. The third kappa shape index (κ3) is 3.83. The second kappa shape index (κ2) is 8.61. The lowest BCUT2D eigenvalue weighted by Crippen LogP contribution is -2.31. The van der Waals surface area contributed by atoms with Crippen LogP contribution >= 0.6 is 11.3 Å². The summed E-state index contributed by atoms with van der Waals surface area (Å²) in [6, 6.07) is 13.9. The second-order valence-corrected chi connectivity index (χ2v) is 8.03. The van der Waals surface area contributed by atoms with Gasteiger partial charge in [0, 0.05) is 25.2 Å². The predicted molar refractivity (Wildman–Crippen MR) is 113 cm³/mol. The molecule has 4 rings (SSSR count). The fourth-order valence-corrected chi connectivity index (χ4v) is 4.39. The molecule has 0 bridgehead atoms. The molecule has 0 radical (unpaired) electrons. The van der Waals surface area contributed by atoms with E-state index >= 15 is 0 Å². The van der Waals surface area contributed by atoms with Gasteiger partial charge in [0.15, 0.2) is 0 Å². The molecule has 5 nitrogen and oxygen atoms in total. The van der Waals surface area contributed by atoms with Crippen molar-refractivity contribution < 1.29 is 9.32 Å². The van der Waals surface area contributed by atoms with E-state index < -0.39 is 0 Å². The van der Waals surface area contributed by atoms with E-state index in [0.717, 1.165) is 59.9 Å². The fraction of sp³-hybridized carbons (Fsp3) is 0.364. The maximum atomic E-state index is 13.1. The Morgan fingerprint density at radius 2 is 1.96 bits per heavy atom. The van der Waals surface area contributed by atoms with Gasteiger partial charge in [0.2, 0.25) is 5.88 Å². The van der Waals surface area contributed by atoms with E-state index in [2.05, 4.69) is 17.0 Å². The molecule has 1 aromatic carbocycles. The highest BCUT2D eigenvalue weighted by molar-refractivity contribution is 7.12. The van der Waals surface area contributed by atoms with Gasteiger partial charge in [-0.25, -0.2) is 0 Å². The van der Waals surface area contributed by atoms with Crippen molar-refractivity contribution >= 4 is 23.1 Å². The van der Waals surface area contributed by atoms with E-state index in [-0.39, 0.29) is 5.91 Å². The van der Waals surface area contributed by atoms with Crippen molar-refractivity contribution in [1.82, 2.24) is 10.1 Å². The molecule has 2 aromatic heterocycles. The predicted octanol–water partition coefficient (Wildman–Crippen LogP) is 5.06. The number of rotatable bonds is 7. The Hall–Kier alpha value is -2.60. The molecule has 146 valence electrons. The normalized spacial score (nSPS) is 13.8. The van der Waals surface area contributed by atoms with Gasteiger partial charge >= 0.3 is 0 Å². The smallest absolute Gasteiger partial charge is 0.264 e. The van der Waals surface area contributed by atoms with Crippen molar-refractivity contribution in [3.05, 3.63) is 58.3 Å². The van der Waals surface area contributed by atoms with Crippen molar-refractivity contribution in [2.75, 3.05) is 24.5 Å². The summed E-state index contributed by atoms with van der Waals surface area (Å²) in [4.78, 5) is 18.0. The lowest BCUT2D eigenvalue weighted by atomic mass is 10.1. The molecule has 3 aromatic rings. The van der Waals surface area contributed by atoms with Crippen LogP contribution in [0.3, 0.4) is 0 Å². The van der Waals surface area contributed by atoms with Gasteiger partial charge in [0.25, 0.3) is 5.91 Å². The minimum absolute atomic E-state index is 0.0735. The molecule has 0 spiro atoms.